The Kier molecular flexibility index (Phi) is 39.3. The summed E-state index contributed by atoms with van der Waals surface area (Å²) >= 11 is 0. The van der Waals surface area contributed by atoms with E-state index in [1.807, 2.05) is 19.0 Å². The van der Waals surface area contributed by atoms with E-state index in [0.29, 0.717) is 13.2 Å². The van der Waals surface area contributed by atoms with Gasteiger partial charge in [0.15, 0.2) is 0 Å². The van der Waals surface area contributed by atoms with Crippen LogP contribution in [0.2, 0.25) is 0 Å². The first-order chi connectivity index (χ1) is 23.6. The maximum Gasteiger partial charge on any atom is 0.320 e. The van der Waals surface area contributed by atoms with Gasteiger partial charge < -0.3 is 14.2 Å². The van der Waals surface area contributed by atoms with Crippen LogP contribution in [-0.2, 0) is 19.0 Å². The number of hydrogen-bond donors (Lipinski definition) is 0. The summed E-state index contributed by atoms with van der Waals surface area (Å²) in [5.74, 6) is -0.209. The summed E-state index contributed by atoms with van der Waals surface area (Å²) < 4.78 is 17.6. The first kappa shape index (κ1) is 46.8. The Labute approximate surface area is 300 Å². The second-order valence-corrected chi connectivity index (χ2v) is 14.4. The number of esters is 1. The molecule has 284 valence electrons. The van der Waals surface area contributed by atoms with E-state index < -0.39 is 0 Å². The van der Waals surface area contributed by atoms with Crippen molar-refractivity contribution in [1.29, 1.82) is 0 Å². The van der Waals surface area contributed by atoms with Crippen LogP contribution in [0.4, 0.5) is 0 Å². The Morgan fingerprint density at radius 3 is 1.29 bits per heavy atom. The van der Waals surface area contributed by atoms with Crippen LogP contribution >= 0.6 is 0 Å². The van der Waals surface area contributed by atoms with Crippen molar-refractivity contribution >= 4 is 5.97 Å². The predicted molar refractivity (Wildman–Crippen MR) is 209 cm³/mol. The van der Waals surface area contributed by atoms with Crippen LogP contribution in [-0.4, -0.2) is 64.0 Å². The SMILES string of the molecule is CCCCCCCC/C=C\CCCCCCCCOCC(COC(=O)CN(C)C)OCCCCCCCC/C=C\CCCCCCCC. The van der Waals surface area contributed by atoms with Crippen LogP contribution in [0.5, 0.6) is 0 Å². The number of unbranched alkanes of at least 4 members (excludes halogenated alkanes) is 24. The third-order valence-corrected chi connectivity index (χ3v) is 8.99. The van der Waals surface area contributed by atoms with Crippen molar-refractivity contribution in [1.82, 2.24) is 4.90 Å². The van der Waals surface area contributed by atoms with E-state index in [9.17, 15) is 4.79 Å². The van der Waals surface area contributed by atoms with Crippen LogP contribution in [0.1, 0.15) is 194 Å². The van der Waals surface area contributed by atoms with Gasteiger partial charge in [-0.05, 0) is 78.3 Å². The number of carbonyl (C=O) groups is 1. The third kappa shape index (κ3) is 39.3. The van der Waals surface area contributed by atoms with E-state index in [1.54, 1.807) is 0 Å². The minimum Gasteiger partial charge on any atom is -0.462 e. The predicted octanol–water partition coefficient (Wildman–Crippen LogP) is 12.6. The molecule has 1 unspecified atom stereocenters. The highest BCUT2D eigenvalue weighted by Gasteiger charge is 2.14. The number of hydrogen-bond acceptors (Lipinski definition) is 5. The van der Waals surface area contributed by atoms with Gasteiger partial charge in [-0.25, -0.2) is 0 Å². The fourth-order valence-corrected chi connectivity index (χ4v) is 5.90. The van der Waals surface area contributed by atoms with Gasteiger partial charge in [-0.3, -0.25) is 9.69 Å². The van der Waals surface area contributed by atoms with Crippen molar-refractivity contribution in [3.05, 3.63) is 24.3 Å². The molecule has 0 spiro atoms. The van der Waals surface area contributed by atoms with E-state index in [1.165, 1.54) is 167 Å². The van der Waals surface area contributed by atoms with Gasteiger partial charge in [-0.15, -0.1) is 0 Å². The van der Waals surface area contributed by atoms with Gasteiger partial charge >= 0.3 is 5.97 Å². The molecule has 0 aliphatic carbocycles. The van der Waals surface area contributed by atoms with Gasteiger partial charge in [0.1, 0.15) is 12.7 Å². The Hall–Kier alpha value is -1.17. The number of allylic oxidation sites excluding steroid dienone is 4. The van der Waals surface area contributed by atoms with Gasteiger partial charge in [0.05, 0.1) is 13.2 Å². The average molecular weight is 678 g/mol. The molecule has 48 heavy (non-hydrogen) atoms. The Morgan fingerprint density at radius 1 is 0.500 bits per heavy atom. The van der Waals surface area contributed by atoms with Crippen molar-refractivity contribution in [2.75, 3.05) is 47.1 Å². The number of rotatable bonds is 39. The van der Waals surface area contributed by atoms with E-state index in [2.05, 4.69) is 38.2 Å². The zero-order chi connectivity index (χ0) is 35.0. The van der Waals surface area contributed by atoms with Crippen molar-refractivity contribution in [3.8, 4) is 0 Å². The average Bonchev–Trinajstić information content (AvgIpc) is 3.07. The Balaban J connectivity index is 3.84. The molecule has 0 heterocycles. The highest BCUT2D eigenvalue weighted by atomic mass is 16.6. The van der Waals surface area contributed by atoms with E-state index in [4.69, 9.17) is 14.2 Å². The molecule has 5 nitrogen and oxygen atoms in total. The molecule has 0 N–H and O–H groups in total. The normalized spacial score (nSPS) is 12.6. The molecule has 0 aromatic rings. The van der Waals surface area contributed by atoms with Crippen LogP contribution in [0.3, 0.4) is 0 Å². The largest absolute Gasteiger partial charge is 0.462 e. The van der Waals surface area contributed by atoms with E-state index in [-0.39, 0.29) is 25.2 Å². The number of carbonyl (C=O) groups excluding carboxylic acids is 1. The molecule has 0 aromatic heterocycles. The standard InChI is InChI=1S/C43H83NO4/c1-5-7-9-11-13-15-17-19-21-23-25-27-29-31-33-35-37-46-40-42(41-48-43(45)39-44(3)4)47-38-36-34-32-30-28-26-24-22-20-18-16-14-12-10-8-6-2/h19-22,42H,5-18,23-41H2,1-4H3/b21-19-,22-20-. The van der Waals surface area contributed by atoms with Crippen LogP contribution in [0.15, 0.2) is 24.3 Å². The maximum absolute atomic E-state index is 12.1. The molecular weight excluding hydrogens is 594 g/mol. The topological polar surface area (TPSA) is 48.0 Å². The molecule has 0 rings (SSSR count). The summed E-state index contributed by atoms with van der Waals surface area (Å²) in [6.45, 7) is 7.07. The molecule has 0 saturated heterocycles. The third-order valence-electron chi connectivity index (χ3n) is 8.99. The zero-order valence-corrected chi connectivity index (χ0v) is 32.8. The van der Waals surface area contributed by atoms with Crippen LogP contribution < -0.4 is 0 Å². The molecule has 0 radical (unpaired) electrons. The van der Waals surface area contributed by atoms with Crippen LogP contribution in [0, 0.1) is 0 Å². The van der Waals surface area contributed by atoms with Crippen molar-refractivity contribution in [2.45, 2.75) is 200 Å². The minimum atomic E-state index is -0.209. The fourth-order valence-electron chi connectivity index (χ4n) is 5.90. The smallest absolute Gasteiger partial charge is 0.320 e. The number of ether oxygens (including phenoxy) is 3. The molecule has 5 heteroatoms. The first-order valence-corrected chi connectivity index (χ1v) is 20.9. The molecular formula is C43H83NO4. The van der Waals surface area contributed by atoms with Gasteiger partial charge in [0.2, 0.25) is 0 Å². The summed E-state index contributed by atoms with van der Waals surface area (Å²) in [7, 11) is 3.75. The van der Waals surface area contributed by atoms with Crippen LogP contribution in [0.25, 0.3) is 0 Å². The van der Waals surface area contributed by atoms with E-state index in [0.717, 1.165) is 19.4 Å². The molecule has 0 aliphatic heterocycles. The zero-order valence-electron chi connectivity index (χ0n) is 32.8. The highest BCUT2D eigenvalue weighted by Crippen LogP contribution is 2.12. The quantitative estimate of drug-likeness (QED) is 0.0368. The summed E-state index contributed by atoms with van der Waals surface area (Å²) in [4.78, 5) is 13.9. The minimum absolute atomic E-state index is 0.187. The summed E-state index contributed by atoms with van der Waals surface area (Å²) in [5.41, 5.74) is 0. The summed E-state index contributed by atoms with van der Waals surface area (Å²) in [6, 6.07) is 0. The van der Waals surface area contributed by atoms with E-state index >= 15 is 0 Å². The molecule has 0 fully saturated rings. The Bertz CT molecular complexity index is 692. The summed E-state index contributed by atoms with van der Waals surface area (Å²) in [6.07, 6.45) is 45.9. The number of nitrogens with zero attached hydrogens (tertiary/aromatic N) is 1. The lowest BCUT2D eigenvalue weighted by atomic mass is 10.1. The molecule has 0 saturated carbocycles. The Morgan fingerprint density at radius 2 is 0.875 bits per heavy atom. The lowest BCUT2D eigenvalue weighted by Gasteiger charge is -2.19. The van der Waals surface area contributed by atoms with Gasteiger partial charge in [0.25, 0.3) is 0 Å². The first-order valence-electron chi connectivity index (χ1n) is 20.9. The number of likely N-dealkylation sites (N-methyl/N-ethyl adjacent to an activating group) is 1. The monoisotopic (exact) mass is 678 g/mol. The molecule has 0 aliphatic rings. The molecule has 0 aromatic carbocycles. The maximum atomic E-state index is 12.1. The lowest BCUT2D eigenvalue weighted by molar-refractivity contribution is -0.150. The second kappa shape index (κ2) is 40.3. The van der Waals surface area contributed by atoms with Crippen molar-refractivity contribution < 1.29 is 19.0 Å². The van der Waals surface area contributed by atoms with Gasteiger partial charge in [-0.1, -0.05) is 154 Å². The lowest BCUT2D eigenvalue weighted by Crippen LogP contribution is -2.31. The fraction of sp³-hybridized carbons (Fsp3) is 0.884. The van der Waals surface area contributed by atoms with Gasteiger partial charge in [-0.2, -0.15) is 0 Å². The molecule has 0 amide bonds. The van der Waals surface area contributed by atoms with Crippen molar-refractivity contribution in [2.24, 2.45) is 0 Å². The molecule has 0 bridgehead atoms. The second-order valence-electron chi connectivity index (χ2n) is 14.4. The molecule has 1 atom stereocenters. The van der Waals surface area contributed by atoms with Gasteiger partial charge in [0, 0.05) is 13.2 Å². The highest BCUT2D eigenvalue weighted by molar-refractivity contribution is 5.71. The summed E-state index contributed by atoms with van der Waals surface area (Å²) in [5, 5.41) is 0. The van der Waals surface area contributed by atoms with Crippen molar-refractivity contribution in [3.63, 3.8) is 0 Å².